The van der Waals surface area contributed by atoms with Crippen LogP contribution >= 0.6 is 0 Å². The smallest absolute Gasteiger partial charge is 0.0909 e. The zero-order valence-electron chi connectivity index (χ0n) is 12.1. The summed E-state index contributed by atoms with van der Waals surface area (Å²) < 4.78 is 5.93. The van der Waals surface area contributed by atoms with Gasteiger partial charge in [0, 0.05) is 13.1 Å². The van der Waals surface area contributed by atoms with E-state index < -0.39 is 0 Å². The van der Waals surface area contributed by atoms with E-state index in [1.165, 1.54) is 16.7 Å². The lowest BCUT2D eigenvalue weighted by molar-refractivity contribution is -0.0457. The van der Waals surface area contributed by atoms with Crippen LogP contribution in [0.3, 0.4) is 0 Å². The first-order valence-electron chi connectivity index (χ1n) is 7.03. The van der Waals surface area contributed by atoms with E-state index in [1.807, 2.05) is 0 Å². The van der Waals surface area contributed by atoms with Gasteiger partial charge in [-0.3, -0.25) is 16.2 Å². The number of rotatable bonds is 4. The molecule has 0 aromatic heterocycles. The molecule has 0 amide bonds. The first-order valence-corrected chi connectivity index (χ1v) is 7.03. The van der Waals surface area contributed by atoms with Crippen LogP contribution in [0.15, 0.2) is 18.2 Å². The highest BCUT2D eigenvalue weighted by molar-refractivity contribution is 5.36. The molecule has 4 heteroatoms. The van der Waals surface area contributed by atoms with E-state index in [1.54, 1.807) is 0 Å². The van der Waals surface area contributed by atoms with Crippen molar-refractivity contribution in [2.24, 2.45) is 5.84 Å². The van der Waals surface area contributed by atoms with Gasteiger partial charge in [0.1, 0.15) is 0 Å². The number of nitrogens with zero attached hydrogens (tertiary/aromatic N) is 1. The summed E-state index contributed by atoms with van der Waals surface area (Å²) in [6, 6.07) is 6.41. The Kier molecular flexibility index (Phi) is 4.93. The second-order valence-electron chi connectivity index (χ2n) is 5.24. The van der Waals surface area contributed by atoms with E-state index in [-0.39, 0.29) is 12.1 Å². The standard InChI is InChI=1S/C15H25N3O/c1-4-18-8-9-19-14(10-18)15(17-16)13-7-5-6-11(2)12(13)3/h5-7,14-15,17H,4,8-10,16H2,1-3H3. The Labute approximate surface area is 115 Å². The van der Waals surface area contributed by atoms with E-state index in [9.17, 15) is 0 Å². The molecule has 2 unspecified atom stereocenters. The number of likely N-dealkylation sites (N-methyl/N-ethyl adjacent to an activating group) is 1. The fourth-order valence-electron chi connectivity index (χ4n) is 2.73. The summed E-state index contributed by atoms with van der Waals surface area (Å²) in [5.74, 6) is 5.79. The van der Waals surface area contributed by atoms with Crippen LogP contribution < -0.4 is 11.3 Å². The molecule has 1 heterocycles. The second-order valence-corrected chi connectivity index (χ2v) is 5.24. The summed E-state index contributed by atoms with van der Waals surface area (Å²) in [4.78, 5) is 2.41. The highest BCUT2D eigenvalue weighted by Gasteiger charge is 2.29. The predicted molar refractivity (Wildman–Crippen MR) is 77.8 cm³/mol. The molecule has 1 saturated heterocycles. The fraction of sp³-hybridized carbons (Fsp3) is 0.600. The number of hydrogen-bond donors (Lipinski definition) is 2. The van der Waals surface area contributed by atoms with Gasteiger partial charge in [0.15, 0.2) is 0 Å². The zero-order valence-corrected chi connectivity index (χ0v) is 12.1. The van der Waals surface area contributed by atoms with Gasteiger partial charge < -0.3 is 4.74 Å². The van der Waals surface area contributed by atoms with Crippen molar-refractivity contribution in [1.29, 1.82) is 0 Å². The van der Waals surface area contributed by atoms with Crippen molar-refractivity contribution in [3.05, 3.63) is 34.9 Å². The molecule has 2 rings (SSSR count). The molecule has 1 aliphatic rings. The largest absolute Gasteiger partial charge is 0.374 e. The maximum absolute atomic E-state index is 5.93. The minimum Gasteiger partial charge on any atom is -0.374 e. The molecule has 0 aliphatic carbocycles. The zero-order chi connectivity index (χ0) is 13.8. The molecular weight excluding hydrogens is 238 g/mol. The number of hydrazine groups is 1. The quantitative estimate of drug-likeness (QED) is 0.639. The summed E-state index contributed by atoms with van der Waals surface area (Å²) in [6.45, 7) is 10.2. The summed E-state index contributed by atoms with van der Waals surface area (Å²) >= 11 is 0. The first-order chi connectivity index (χ1) is 9.17. The van der Waals surface area contributed by atoms with Gasteiger partial charge in [-0.05, 0) is 37.1 Å². The van der Waals surface area contributed by atoms with Crippen LogP contribution in [0, 0.1) is 13.8 Å². The molecule has 0 saturated carbocycles. The van der Waals surface area contributed by atoms with Gasteiger partial charge in [0.05, 0.1) is 18.8 Å². The Balaban J connectivity index is 2.21. The molecule has 4 nitrogen and oxygen atoms in total. The Hall–Kier alpha value is -0.940. The third-order valence-corrected chi connectivity index (χ3v) is 4.16. The lowest BCUT2D eigenvalue weighted by atomic mass is 9.94. The molecule has 1 aromatic carbocycles. The third-order valence-electron chi connectivity index (χ3n) is 4.16. The Morgan fingerprint density at radius 2 is 2.26 bits per heavy atom. The summed E-state index contributed by atoms with van der Waals surface area (Å²) in [7, 11) is 0. The molecular formula is C15H25N3O. The SMILES string of the molecule is CCN1CCOC(C(NN)c2cccc(C)c2C)C1. The normalized spacial score (nSPS) is 22.4. The molecule has 1 aliphatic heterocycles. The highest BCUT2D eigenvalue weighted by Crippen LogP contribution is 2.26. The van der Waals surface area contributed by atoms with Crippen LogP contribution in [0.5, 0.6) is 0 Å². The number of morpholine rings is 1. The average molecular weight is 263 g/mol. The van der Waals surface area contributed by atoms with E-state index in [0.717, 1.165) is 26.2 Å². The lowest BCUT2D eigenvalue weighted by Crippen LogP contribution is -2.49. The van der Waals surface area contributed by atoms with Crippen molar-refractivity contribution >= 4 is 0 Å². The number of ether oxygens (including phenoxy) is 1. The van der Waals surface area contributed by atoms with Gasteiger partial charge in [-0.1, -0.05) is 25.1 Å². The van der Waals surface area contributed by atoms with Gasteiger partial charge in [-0.2, -0.15) is 0 Å². The van der Waals surface area contributed by atoms with E-state index in [2.05, 4.69) is 49.3 Å². The third kappa shape index (κ3) is 3.15. The Bertz CT molecular complexity index is 422. The van der Waals surface area contributed by atoms with Crippen molar-refractivity contribution in [2.75, 3.05) is 26.2 Å². The summed E-state index contributed by atoms with van der Waals surface area (Å²) in [6.07, 6.45) is 0.110. The first kappa shape index (κ1) is 14.5. The number of aryl methyl sites for hydroxylation is 1. The van der Waals surface area contributed by atoms with E-state index in [4.69, 9.17) is 10.6 Å². The molecule has 1 aromatic rings. The van der Waals surface area contributed by atoms with Gasteiger partial charge >= 0.3 is 0 Å². The molecule has 106 valence electrons. The van der Waals surface area contributed by atoms with Crippen LogP contribution in [0.25, 0.3) is 0 Å². The van der Waals surface area contributed by atoms with Crippen LogP contribution in [0.1, 0.15) is 29.7 Å². The van der Waals surface area contributed by atoms with Gasteiger partial charge in [0.25, 0.3) is 0 Å². The summed E-state index contributed by atoms with van der Waals surface area (Å²) in [5, 5.41) is 0. The predicted octanol–water partition coefficient (Wildman–Crippen LogP) is 1.53. The molecule has 1 fully saturated rings. The molecule has 0 bridgehead atoms. The van der Waals surface area contributed by atoms with Crippen molar-refractivity contribution in [3.63, 3.8) is 0 Å². The van der Waals surface area contributed by atoms with Crippen LogP contribution in [0.4, 0.5) is 0 Å². The fourth-order valence-corrected chi connectivity index (χ4v) is 2.73. The topological polar surface area (TPSA) is 50.5 Å². The van der Waals surface area contributed by atoms with Gasteiger partial charge in [-0.25, -0.2) is 0 Å². The molecule has 3 N–H and O–H groups in total. The number of nitrogens with one attached hydrogen (secondary N) is 1. The highest BCUT2D eigenvalue weighted by atomic mass is 16.5. The number of hydrogen-bond acceptors (Lipinski definition) is 4. The maximum Gasteiger partial charge on any atom is 0.0909 e. The number of benzene rings is 1. The van der Waals surface area contributed by atoms with Crippen molar-refractivity contribution < 1.29 is 4.74 Å². The van der Waals surface area contributed by atoms with Crippen LogP contribution in [0.2, 0.25) is 0 Å². The molecule has 0 spiro atoms. The minimum atomic E-state index is 0.0502. The maximum atomic E-state index is 5.93. The van der Waals surface area contributed by atoms with Crippen LogP contribution in [-0.2, 0) is 4.74 Å². The molecule has 0 radical (unpaired) electrons. The Morgan fingerprint density at radius 1 is 1.47 bits per heavy atom. The number of nitrogens with two attached hydrogens (primary N) is 1. The van der Waals surface area contributed by atoms with E-state index >= 15 is 0 Å². The summed E-state index contributed by atoms with van der Waals surface area (Å²) in [5.41, 5.74) is 6.78. The minimum absolute atomic E-state index is 0.0502. The second kappa shape index (κ2) is 6.48. The van der Waals surface area contributed by atoms with Crippen molar-refractivity contribution in [2.45, 2.75) is 32.9 Å². The molecule has 2 atom stereocenters. The molecule has 19 heavy (non-hydrogen) atoms. The van der Waals surface area contributed by atoms with Gasteiger partial charge in [-0.15, -0.1) is 0 Å². The van der Waals surface area contributed by atoms with Crippen molar-refractivity contribution in [3.8, 4) is 0 Å². The Morgan fingerprint density at radius 3 is 2.95 bits per heavy atom. The lowest BCUT2D eigenvalue weighted by Gasteiger charge is -2.37. The average Bonchev–Trinajstić information content (AvgIpc) is 2.44. The monoisotopic (exact) mass is 263 g/mol. The van der Waals surface area contributed by atoms with E-state index in [0.29, 0.717) is 0 Å². The van der Waals surface area contributed by atoms with Crippen molar-refractivity contribution in [1.82, 2.24) is 10.3 Å². The van der Waals surface area contributed by atoms with Crippen LogP contribution in [-0.4, -0.2) is 37.2 Å². The van der Waals surface area contributed by atoms with Gasteiger partial charge in [0.2, 0.25) is 0 Å².